The second-order valence-electron chi connectivity index (χ2n) is 5.93. The van der Waals surface area contributed by atoms with Gasteiger partial charge in [0.2, 0.25) is 0 Å². The third-order valence-electron chi connectivity index (χ3n) is 4.35. The van der Waals surface area contributed by atoms with Crippen molar-refractivity contribution in [1.82, 2.24) is 19.4 Å². The predicted molar refractivity (Wildman–Crippen MR) is 87.9 cm³/mol. The van der Waals surface area contributed by atoms with Gasteiger partial charge in [-0.3, -0.25) is 4.79 Å². The van der Waals surface area contributed by atoms with Crippen LogP contribution in [0.15, 0.2) is 30.7 Å². The van der Waals surface area contributed by atoms with Crippen molar-refractivity contribution in [1.29, 1.82) is 0 Å². The Morgan fingerprint density at radius 1 is 1.42 bits per heavy atom. The molecule has 2 aromatic rings. The fourth-order valence-electron chi connectivity index (χ4n) is 3.14. The number of nitrogens with zero attached hydrogens (tertiary/aromatic N) is 4. The molecule has 7 heteroatoms. The van der Waals surface area contributed by atoms with Crippen LogP contribution in [-0.4, -0.2) is 57.3 Å². The van der Waals surface area contributed by atoms with Gasteiger partial charge in [-0.05, 0) is 25.0 Å². The summed E-state index contributed by atoms with van der Waals surface area (Å²) >= 11 is 0. The molecule has 2 aromatic heterocycles. The summed E-state index contributed by atoms with van der Waals surface area (Å²) < 4.78 is 7.22. The summed E-state index contributed by atoms with van der Waals surface area (Å²) in [6, 6.07) is 3.09. The first-order valence-electron chi connectivity index (χ1n) is 8.14. The van der Waals surface area contributed by atoms with Crippen LogP contribution in [0.5, 0.6) is 5.75 Å². The van der Waals surface area contributed by atoms with Gasteiger partial charge in [-0.15, -0.1) is 0 Å². The molecule has 1 fully saturated rings. The van der Waals surface area contributed by atoms with Crippen LogP contribution >= 0.6 is 0 Å². The molecule has 128 valence electrons. The van der Waals surface area contributed by atoms with E-state index in [4.69, 9.17) is 4.74 Å². The number of pyridine rings is 1. The Morgan fingerprint density at radius 3 is 3.08 bits per heavy atom. The maximum Gasteiger partial charge on any atom is 0.276 e. The van der Waals surface area contributed by atoms with Gasteiger partial charge in [0.25, 0.3) is 5.91 Å². The van der Waals surface area contributed by atoms with Crippen LogP contribution in [0.3, 0.4) is 0 Å². The molecule has 0 aliphatic carbocycles. The van der Waals surface area contributed by atoms with E-state index in [1.165, 1.54) is 12.3 Å². The second kappa shape index (κ2) is 7.44. The van der Waals surface area contributed by atoms with Crippen LogP contribution in [0.4, 0.5) is 0 Å². The van der Waals surface area contributed by atoms with E-state index in [9.17, 15) is 9.90 Å². The molecular formula is C17H22N4O3. The lowest BCUT2D eigenvalue weighted by Gasteiger charge is -2.32. The third-order valence-corrected chi connectivity index (χ3v) is 4.35. The minimum atomic E-state index is -0.229. The van der Waals surface area contributed by atoms with Crippen LogP contribution < -0.4 is 0 Å². The number of methoxy groups -OCH3 is 1. The van der Waals surface area contributed by atoms with E-state index in [1.54, 1.807) is 24.3 Å². The van der Waals surface area contributed by atoms with E-state index in [-0.39, 0.29) is 23.3 Å². The molecule has 1 aliphatic rings. The standard InChI is InChI=1S/C17H22N4O3/c1-24-11-10-20-9-7-19-16(20)13-4-3-8-21(12-13)17(23)15-14(22)5-2-6-18-15/h2,5-7,9,13,22H,3-4,8,10-12H2,1H3/t13-/m1/s1. The van der Waals surface area contributed by atoms with Gasteiger partial charge in [-0.25, -0.2) is 9.97 Å². The number of amides is 1. The fraction of sp³-hybridized carbons (Fsp3) is 0.471. The topological polar surface area (TPSA) is 80.5 Å². The molecule has 0 saturated carbocycles. The number of ether oxygens (including phenoxy) is 1. The van der Waals surface area contributed by atoms with Gasteiger partial charge in [0.05, 0.1) is 6.61 Å². The molecule has 3 rings (SSSR count). The quantitative estimate of drug-likeness (QED) is 0.901. The van der Waals surface area contributed by atoms with Gasteiger partial charge in [-0.1, -0.05) is 0 Å². The third kappa shape index (κ3) is 3.41. The van der Waals surface area contributed by atoms with Crippen molar-refractivity contribution < 1.29 is 14.6 Å². The summed E-state index contributed by atoms with van der Waals surface area (Å²) in [6.45, 7) is 2.63. The Bertz CT molecular complexity index is 701. The highest BCUT2D eigenvalue weighted by Crippen LogP contribution is 2.27. The maximum absolute atomic E-state index is 12.6. The van der Waals surface area contributed by atoms with E-state index in [0.29, 0.717) is 19.7 Å². The second-order valence-corrected chi connectivity index (χ2v) is 5.93. The lowest BCUT2D eigenvalue weighted by molar-refractivity contribution is 0.0693. The molecule has 1 saturated heterocycles. The SMILES string of the molecule is COCCn1ccnc1[C@@H]1CCCN(C(=O)c2ncccc2O)C1. The first kappa shape index (κ1) is 16.4. The van der Waals surface area contributed by atoms with Gasteiger partial charge in [0.1, 0.15) is 11.6 Å². The molecule has 7 nitrogen and oxygen atoms in total. The van der Waals surface area contributed by atoms with Crippen LogP contribution in [0.1, 0.15) is 35.1 Å². The molecule has 3 heterocycles. The number of likely N-dealkylation sites (tertiary alicyclic amines) is 1. The molecule has 24 heavy (non-hydrogen) atoms. The van der Waals surface area contributed by atoms with Crippen LogP contribution in [-0.2, 0) is 11.3 Å². The Balaban J connectivity index is 1.74. The minimum Gasteiger partial charge on any atom is -0.505 e. The summed E-state index contributed by atoms with van der Waals surface area (Å²) in [7, 11) is 1.68. The van der Waals surface area contributed by atoms with Crippen molar-refractivity contribution in [3.63, 3.8) is 0 Å². The number of carbonyl (C=O) groups excluding carboxylic acids is 1. The zero-order chi connectivity index (χ0) is 16.9. The lowest BCUT2D eigenvalue weighted by atomic mass is 9.96. The van der Waals surface area contributed by atoms with Gasteiger partial charge in [0, 0.05) is 51.3 Å². The van der Waals surface area contributed by atoms with E-state index in [2.05, 4.69) is 14.5 Å². The normalized spacial score (nSPS) is 17.9. The smallest absolute Gasteiger partial charge is 0.276 e. The average Bonchev–Trinajstić information content (AvgIpc) is 3.08. The average molecular weight is 330 g/mol. The van der Waals surface area contributed by atoms with Crippen molar-refractivity contribution in [3.05, 3.63) is 42.2 Å². The van der Waals surface area contributed by atoms with Crippen molar-refractivity contribution in [2.24, 2.45) is 0 Å². The van der Waals surface area contributed by atoms with Crippen molar-refractivity contribution in [2.75, 3.05) is 26.8 Å². The van der Waals surface area contributed by atoms with Crippen molar-refractivity contribution in [3.8, 4) is 5.75 Å². The van der Waals surface area contributed by atoms with Crippen LogP contribution in [0.2, 0.25) is 0 Å². The largest absolute Gasteiger partial charge is 0.505 e. The molecule has 1 atom stereocenters. The Labute approximate surface area is 140 Å². The van der Waals surface area contributed by atoms with Crippen LogP contribution in [0, 0.1) is 0 Å². The molecule has 1 aliphatic heterocycles. The number of aromatic hydroxyl groups is 1. The lowest BCUT2D eigenvalue weighted by Crippen LogP contribution is -2.40. The first-order valence-corrected chi connectivity index (χ1v) is 8.14. The van der Waals surface area contributed by atoms with Crippen molar-refractivity contribution in [2.45, 2.75) is 25.3 Å². The molecule has 1 amide bonds. The summed E-state index contributed by atoms with van der Waals surface area (Å²) in [5.41, 5.74) is 0.112. The first-order chi connectivity index (χ1) is 11.7. The highest BCUT2D eigenvalue weighted by atomic mass is 16.5. The Kier molecular flexibility index (Phi) is 5.10. The highest BCUT2D eigenvalue weighted by molar-refractivity contribution is 5.94. The van der Waals surface area contributed by atoms with E-state index < -0.39 is 0 Å². The number of hydrogen-bond acceptors (Lipinski definition) is 5. The van der Waals surface area contributed by atoms with E-state index in [1.807, 2.05) is 6.20 Å². The number of imidazole rings is 1. The molecule has 0 unspecified atom stereocenters. The van der Waals surface area contributed by atoms with E-state index in [0.717, 1.165) is 25.2 Å². The molecule has 0 radical (unpaired) electrons. The van der Waals surface area contributed by atoms with Gasteiger partial charge in [-0.2, -0.15) is 0 Å². The summed E-state index contributed by atoms with van der Waals surface area (Å²) in [5, 5.41) is 9.86. The monoisotopic (exact) mass is 330 g/mol. The Hall–Kier alpha value is -2.41. The predicted octanol–water partition coefficient (Wildman–Crippen LogP) is 1.65. The number of aromatic nitrogens is 3. The summed E-state index contributed by atoms with van der Waals surface area (Å²) in [5.74, 6) is 0.856. The number of hydrogen-bond donors (Lipinski definition) is 1. The summed E-state index contributed by atoms with van der Waals surface area (Å²) in [6.07, 6.45) is 7.14. The Morgan fingerprint density at radius 2 is 2.29 bits per heavy atom. The van der Waals surface area contributed by atoms with Gasteiger partial charge in [0.15, 0.2) is 5.69 Å². The van der Waals surface area contributed by atoms with E-state index >= 15 is 0 Å². The zero-order valence-corrected chi connectivity index (χ0v) is 13.8. The summed E-state index contributed by atoms with van der Waals surface area (Å²) in [4.78, 5) is 22.9. The molecule has 0 spiro atoms. The molecule has 0 bridgehead atoms. The molecule has 1 N–H and O–H groups in total. The minimum absolute atomic E-state index is 0.0776. The van der Waals surface area contributed by atoms with Crippen molar-refractivity contribution >= 4 is 5.91 Å². The highest BCUT2D eigenvalue weighted by Gasteiger charge is 2.29. The number of piperidine rings is 1. The zero-order valence-electron chi connectivity index (χ0n) is 13.8. The van der Waals surface area contributed by atoms with Gasteiger partial charge >= 0.3 is 0 Å². The number of carbonyl (C=O) groups is 1. The van der Waals surface area contributed by atoms with Gasteiger partial charge < -0.3 is 19.3 Å². The number of rotatable bonds is 5. The van der Waals surface area contributed by atoms with Crippen LogP contribution in [0.25, 0.3) is 0 Å². The maximum atomic E-state index is 12.6. The molecular weight excluding hydrogens is 308 g/mol. The molecule has 0 aromatic carbocycles. The fourth-order valence-corrected chi connectivity index (χ4v) is 3.14.